The van der Waals surface area contributed by atoms with Crippen molar-refractivity contribution in [3.63, 3.8) is 0 Å². The van der Waals surface area contributed by atoms with E-state index in [1.807, 2.05) is 0 Å². The monoisotopic (exact) mass is 286 g/mol. The number of rotatable bonds is 3. The Morgan fingerprint density at radius 2 is 2.20 bits per heavy atom. The Labute approximate surface area is 113 Å². The van der Waals surface area contributed by atoms with E-state index >= 15 is 0 Å². The average molecular weight is 286 g/mol. The summed E-state index contributed by atoms with van der Waals surface area (Å²) in [5.41, 5.74) is 8.38. The van der Waals surface area contributed by atoms with Crippen LogP contribution in [0.5, 0.6) is 0 Å². The number of urea groups is 1. The summed E-state index contributed by atoms with van der Waals surface area (Å²) in [7, 11) is 0. The van der Waals surface area contributed by atoms with Crippen LogP contribution in [0.2, 0.25) is 0 Å². The second-order valence-electron chi connectivity index (χ2n) is 4.39. The number of ether oxygens (including phenoxy) is 1. The van der Waals surface area contributed by atoms with E-state index in [4.69, 9.17) is 20.8 Å². The molecule has 0 aromatic heterocycles. The Balaban J connectivity index is 2.19. The first-order chi connectivity index (χ1) is 9.51. The van der Waals surface area contributed by atoms with E-state index in [0.29, 0.717) is 5.01 Å². The Hall–Kier alpha value is -1.91. The van der Waals surface area contributed by atoms with Gasteiger partial charge >= 0.3 is 6.03 Å². The topological polar surface area (TPSA) is 166 Å². The van der Waals surface area contributed by atoms with Gasteiger partial charge < -0.3 is 20.1 Å². The van der Waals surface area contributed by atoms with E-state index in [1.54, 1.807) is 0 Å². The van der Waals surface area contributed by atoms with Gasteiger partial charge in [0.1, 0.15) is 18.3 Å². The molecule has 0 aliphatic carbocycles. The number of carbonyl (C=O) groups excluding carboxylic acids is 1. The van der Waals surface area contributed by atoms with Crippen LogP contribution in [0.15, 0.2) is 5.22 Å². The van der Waals surface area contributed by atoms with Gasteiger partial charge in [0.05, 0.1) is 6.61 Å². The second kappa shape index (κ2) is 5.61. The predicted molar refractivity (Wildman–Crippen MR) is 63.2 cm³/mol. The summed E-state index contributed by atoms with van der Waals surface area (Å²) >= 11 is 0. The van der Waals surface area contributed by atoms with Crippen molar-refractivity contribution in [2.75, 3.05) is 13.2 Å². The minimum Gasteiger partial charge on any atom is -0.394 e. The summed E-state index contributed by atoms with van der Waals surface area (Å²) in [4.78, 5) is 15.6. The Bertz CT molecular complexity index is 466. The zero-order valence-corrected chi connectivity index (χ0v) is 10.3. The molecule has 2 aliphatic heterocycles. The lowest BCUT2D eigenvalue weighted by Crippen LogP contribution is -2.56. The van der Waals surface area contributed by atoms with E-state index in [2.05, 4.69) is 10.1 Å². The maximum Gasteiger partial charge on any atom is 0.422 e. The van der Waals surface area contributed by atoms with Crippen LogP contribution in [0.1, 0.15) is 6.42 Å². The summed E-state index contributed by atoms with van der Waals surface area (Å²) in [6.45, 7) is -0.436. The molecular weight excluding hydrogens is 272 g/mol. The SMILES string of the molecule is [N-]=[N+]=NN1C(=N)CCN([C@@H]2O[C@H](CO)[C@@H](O)[C@H]2O)C1=O. The number of amidine groups is 1. The normalized spacial score (nSPS) is 34.4. The highest BCUT2D eigenvalue weighted by Gasteiger charge is 2.50. The first kappa shape index (κ1) is 14.5. The van der Waals surface area contributed by atoms with Crippen molar-refractivity contribution in [1.82, 2.24) is 9.91 Å². The first-order valence-corrected chi connectivity index (χ1v) is 5.87. The molecule has 0 saturated carbocycles. The fraction of sp³-hybridized carbons (Fsp3) is 0.778. The van der Waals surface area contributed by atoms with Crippen LogP contribution in [-0.2, 0) is 4.74 Å². The molecule has 0 radical (unpaired) electrons. The molecule has 110 valence electrons. The summed E-state index contributed by atoms with van der Waals surface area (Å²) in [5.74, 6) is -0.171. The van der Waals surface area contributed by atoms with E-state index in [-0.39, 0.29) is 18.8 Å². The fourth-order valence-corrected chi connectivity index (χ4v) is 2.17. The van der Waals surface area contributed by atoms with Crippen molar-refractivity contribution in [3.05, 3.63) is 10.4 Å². The number of amides is 2. The number of hydrogen-bond donors (Lipinski definition) is 4. The molecule has 4 atom stereocenters. The Morgan fingerprint density at radius 1 is 1.50 bits per heavy atom. The summed E-state index contributed by atoms with van der Waals surface area (Å²) < 4.78 is 5.23. The third-order valence-corrected chi connectivity index (χ3v) is 3.23. The standard InChI is InChI=1S/C9H14N6O5/c10-5-1-2-14(9(19)15(5)13-12-11)8-7(18)6(17)4(3-16)20-8/h4,6-8,10,16-18H,1-3H2/t4-,6-,7-,8-/m1/s1. The minimum absolute atomic E-state index is 0.0711. The number of aliphatic hydroxyl groups excluding tert-OH is 3. The Morgan fingerprint density at radius 3 is 2.75 bits per heavy atom. The molecule has 2 saturated heterocycles. The lowest BCUT2D eigenvalue weighted by molar-refractivity contribution is -0.0834. The molecule has 2 aliphatic rings. The quantitative estimate of drug-likeness (QED) is 0.288. The number of nitrogens with zero attached hydrogens (tertiary/aromatic N) is 5. The molecular formula is C9H14N6O5. The van der Waals surface area contributed by atoms with Crippen LogP contribution in [0.3, 0.4) is 0 Å². The van der Waals surface area contributed by atoms with Gasteiger partial charge in [0, 0.05) is 13.0 Å². The van der Waals surface area contributed by atoms with Gasteiger partial charge in [-0.2, -0.15) is 4.91 Å². The van der Waals surface area contributed by atoms with Crippen LogP contribution in [0.25, 0.3) is 10.4 Å². The van der Waals surface area contributed by atoms with Gasteiger partial charge in [-0.25, -0.2) is 4.79 Å². The molecule has 0 bridgehead atoms. The lowest BCUT2D eigenvalue weighted by Gasteiger charge is -2.33. The zero-order valence-electron chi connectivity index (χ0n) is 10.3. The third kappa shape index (κ3) is 2.28. The summed E-state index contributed by atoms with van der Waals surface area (Å²) in [6, 6.07) is -0.825. The molecule has 2 fully saturated rings. The summed E-state index contributed by atoms with van der Waals surface area (Å²) in [6.07, 6.45) is -4.78. The number of aliphatic hydroxyl groups is 3. The third-order valence-electron chi connectivity index (χ3n) is 3.23. The first-order valence-electron chi connectivity index (χ1n) is 5.87. The van der Waals surface area contributed by atoms with Crippen LogP contribution < -0.4 is 0 Å². The molecule has 20 heavy (non-hydrogen) atoms. The van der Waals surface area contributed by atoms with E-state index in [0.717, 1.165) is 4.90 Å². The molecule has 0 spiro atoms. The van der Waals surface area contributed by atoms with Gasteiger partial charge in [-0.3, -0.25) is 10.3 Å². The molecule has 11 nitrogen and oxygen atoms in total. The smallest absolute Gasteiger partial charge is 0.394 e. The maximum atomic E-state index is 12.1. The minimum atomic E-state index is -1.39. The van der Waals surface area contributed by atoms with E-state index in [1.165, 1.54) is 0 Å². The van der Waals surface area contributed by atoms with Crippen molar-refractivity contribution in [3.8, 4) is 0 Å². The number of azide groups is 1. The average Bonchev–Trinajstić information content (AvgIpc) is 2.71. The lowest BCUT2D eigenvalue weighted by atomic mass is 10.1. The van der Waals surface area contributed by atoms with Gasteiger partial charge in [0.2, 0.25) is 5.84 Å². The van der Waals surface area contributed by atoms with Crippen LogP contribution in [0, 0.1) is 5.41 Å². The van der Waals surface area contributed by atoms with Crippen molar-refractivity contribution < 1.29 is 24.9 Å². The van der Waals surface area contributed by atoms with Gasteiger partial charge in [0.15, 0.2) is 6.23 Å². The number of carbonyl (C=O) groups is 1. The fourth-order valence-electron chi connectivity index (χ4n) is 2.17. The second-order valence-corrected chi connectivity index (χ2v) is 4.39. The van der Waals surface area contributed by atoms with Gasteiger partial charge in [0.25, 0.3) is 0 Å². The largest absolute Gasteiger partial charge is 0.422 e. The predicted octanol–water partition coefficient (Wildman–Crippen LogP) is -1.24. The van der Waals surface area contributed by atoms with Crippen molar-refractivity contribution in [2.45, 2.75) is 31.0 Å². The van der Waals surface area contributed by atoms with Crippen molar-refractivity contribution in [2.24, 2.45) is 5.22 Å². The van der Waals surface area contributed by atoms with Crippen molar-refractivity contribution >= 4 is 11.9 Å². The highest BCUT2D eigenvalue weighted by atomic mass is 16.6. The molecule has 2 rings (SSSR count). The molecule has 0 aromatic rings. The molecule has 0 unspecified atom stereocenters. The zero-order chi connectivity index (χ0) is 14.9. The number of hydrogen-bond acceptors (Lipinski definition) is 7. The summed E-state index contributed by atoms with van der Waals surface area (Å²) in [5, 5.41) is 39.7. The Kier molecular flexibility index (Phi) is 4.06. The van der Waals surface area contributed by atoms with Gasteiger partial charge in [-0.1, -0.05) is 0 Å². The maximum absolute atomic E-state index is 12.1. The molecule has 2 amide bonds. The van der Waals surface area contributed by atoms with Crippen LogP contribution in [0.4, 0.5) is 4.79 Å². The van der Waals surface area contributed by atoms with Crippen molar-refractivity contribution in [1.29, 1.82) is 5.41 Å². The molecule has 0 aromatic carbocycles. The highest BCUT2D eigenvalue weighted by Crippen LogP contribution is 2.27. The van der Waals surface area contributed by atoms with E-state index in [9.17, 15) is 15.0 Å². The molecule has 2 heterocycles. The van der Waals surface area contributed by atoms with Crippen LogP contribution >= 0.6 is 0 Å². The molecule has 11 heteroatoms. The van der Waals surface area contributed by atoms with Crippen LogP contribution in [-0.4, -0.2) is 74.8 Å². The highest BCUT2D eigenvalue weighted by molar-refractivity contribution is 5.97. The van der Waals surface area contributed by atoms with E-state index < -0.39 is 37.2 Å². The van der Waals surface area contributed by atoms with Gasteiger partial charge in [-0.15, -0.1) is 10.5 Å². The number of nitrogens with one attached hydrogen (secondary N) is 1. The molecule has 4 N–H and O–H groups in total. The van der Waals surface area contributed by atoms with Gasteiger partial charge in [-0.05, 0) is 5.22 Å².